The SMILES string of the molecule is C=Nc1c(NCC)nc(N[C@@H](CC)CO)nc1NCc1ccc(-c2ccccn2)cc1.CC.CC(C)CC[C@H](N)C=O. The Morgan fingerprint density at radius 3 is 2.19 bits per heavy atom. The molecule has 0 saturated carbocycles. The maximum absolute atomic E-state index is 9.99. The van der Waals surface area contributed by atoms with E-state index in [-0.39, 0.29) is 18.7 Å². The van der Waals surface area contributed by atoms with Crippen LogP contribution in [0.2, 0.25) is 0 Å². The van der Waals surface area contributed by atoms with Gasteiger partial charge in [0.2, 0.25) is 5.95 Å². The van der Waals surface area contributed by atoms with Crippen molar-refractivity contribution < 1.29 is 9.90 Å². The molecule has 10 heteroatoms. The van der Waals surface area contributed by atoms with Gasteiger partial charge in [-0.05, 0) is 56.5 Å². The molecule has 0 aliphatic heterocycles. The number of benzene rings is 1. The normalized spacial score (nSPS) is 11.6. The molecule has 0 unspecified atom stereocenters. The number of rotatable bonds is 15. The average Bonchev–Trinajstić information content (AvgIpc) is 3.03. The van der Waals surface area contributed by atoms with E-state index in [0.717, 1.165) is 42.4 Å². The first-order valence-corrected chi connectivity index (χ1v) is 14.8. The zero-order chi connectivity index (χ0) is 31.3. The summed E-state index contributed by atoms with van der Waals surface area (Å²) in [5, 5.41) is 19.2. The molecular formula is C32H50N8O2. The van der Waals surface area contributed by atoms with Crippen LogP contribution in [-0.2, 0) is 11.3 Å². The summed E-state index contributed by atoms with van der Waals surface area (Å²) in [5.41, 5.74) is 9.02. The molecule has 0 fully saturated rings. The number of pyridine rings is 1. The second kappa shape index (κ2) is 20.9. The van der Waals surface area contributed by atoms with Gasteiger partial charge in [0.05, 0.1) is 24.4 Å². The third-order valence-electron chi connectivity index (χ3n) is 6.06. The van der Waals surface area contributed by atoms with E-state index in [1.54, 1.807) is 6.20 Å². The topological polar surface area (TPSA) is 150 Å². The number of nitrogens with one attached hydrogen (secondary N) is 3. The molecule has 0 bridgehead atoms. The molecular weight excluding hydrogens is 528 g/mol. The zero-order valence-electron chi connectivity index (χ0n) is 26.1. The molecule has 1 aromatic carbocycles. The molecule has 3 rings (SSSR count). The number of aliphatic hydroxyl groups is 1. The van der Waals surface area contributed by atoms with Crippen LogP contribution in [0.1, 0.15) is 66.4 Å². The molecule has 10 nitrogen and oxygen atoms in total. The van der Waals surface area contributed by atoms with Crippen LogP contribution in [0.4, 0.5) is 23.3 Å². The maximum Gasteiger partial charge on any atom is 0.227 e. The van der Waals surface area contributed by atoms with Gasteiger partial charge in [-0.25, -0.2) is 0 Å². The van der Waals surface area contributed by atoms with Crippen molar-refractivity contribution in [3.8, 4) is 11.3 Å². The summed E-state index contributed by atoms with van der Waals surface area (Å²) in [5.74, 6) is 2.24. The van der Waals surface area contributed by atoms with Crippen molar-refractivity contribution in [3.63, 3.8) is 0 Å². The lowest BCUT2D eigenvalue weighted by molar-refractivity contribution is -0.109. The van der Waals surface area contributed by atoms with Crippen LogP contribution in [0, 0.1) is 5.92 Å². The number of aldehydes is 1. The monoisotopic (exact) mass is 578 g/mol. The molecule has 0 aliphatic rings. The first-order valence-electron chi connectivity index (χ1n) is 14.8. The van der Waals surface area contributed by atoms with Gasteiger partial charge in [-0.1, -0.05) is 65.0 Å². The van der Waals surface area contributed by atoms with E-state index in [1.165, 1.54) is 0 Å². The molecule has 230 valence electrons. The summed E-state index contributed by atoms with van der Waals surface area (Å²) >= 11 is 0. The Morgan fingerprint density at radius 2 is 1.69 bits per heavy atom. The Balaban J connectivity index is 0.000000686. The minimum atomic E-state index is -0.243. The quantitative estimate of drug-likeness (QED) is 0.107. The maximum atomic E-state index is 9.99. The Kier molecular flexibility index (Phi) is 18.0. The highest BCUT2D eigenvalue weighted by Crippen LogP contribution is 2.32. The molecule has 0 amide bonds. The van der Waals surface area contributed by atoms with Crippen molar-refractivity contribution in [3.05, 3.63) is 54.2 Å². The molecule has 2 aromatic heterocycles. The summed E-state index contributed by atoms with van der Waals surface area (Å²) in [6, 6.07) is 13.7. The third kappa shape index (κ3) is 12.7. The van der Waals surface area contributed by atoms with Crippen molar-refractivity contribution in [1.82, 2.24) is 15.0 Å². The van der Waals surface area contributed by atoms with Gasteiger partial charge in [-0.2, -0.15) is 9.97 Å². The lowest BCUT2D eigenvalue weighted by Crippen LogP contribution is -2.24. The highest BCUT2D eigenvalue weighted by atomic mass is 16.3. The Hall–Kier alpha value is -3.89. The van der Waals surface area contributed by atoms with Gasteiger partial charge >= 0.3 is 0 Å². The van der Waals surface area contributed by atoms with Crippen molar-refractivity contribution in [2.45, 2.75) is 79.4 Å². The second-order valence-corrected chi connectivity index (χ2v) is 9.75. The van der Waals surface area contributed by atoms with Crippen molar-refractivity contribution in [1.29, 1.82) is 0 Å². The zero-order valence-corrected chi connectivity index (χ0v) is 26.1. The lowest BCUT2D eigenvalue weighted by atomic mass is 10.1. The van der Waals surface area contributed by atoms with Gasteiger partial charge in [0, 0.05) is 24.8 Å². The number of aliphatic imine (C=N–C) groups is 1. The van der Waals surface area contributed by atoms with Crippen LogP contribution < -0.4 is 21.7 Å². The molecule has 42 heavy (non-hydrogen) atoms. The summed E-state index contributed by atoms with van der Waals surface area (Å²) in [6.45, 7) is 17.2. The minimum Gasteiger partial charge on any atom is -0.394 e. The van der Waals surface area contributed by atoms with E-state index >= 15 is 0 Å². The van der Waals surface area contributed by atoms with Gasteiger partial charge in [0.1, 0.15) is 12.0 Å². The highest BCUT2D eigenvalue weighted by Gasteiger charge is 2.15. The lowest BCUT2D eigenvalue weighted by Gasteiger charge is -2.18. The Labute approximate surface area is 251 Å². The number of carbonyl (C=O) groups is 1. The number of aromatic nitrogens is 3. The number of hydrogen-bond donors (Lipinski definition) is 5. The van der Waals surface area contributed by atoms with Crippen LogP contribution in [0.5, 0.6) is 0 Å². The summed E-state index contributed by atoms with van der Waals surface area (Å²) < 4.78 is 0. The number of nitrogens with two attached hydrogens (primary N) is 1. The van der Waals surface area contributed by atoms with E-state index in [9.17, 15) is 9.90 Å². The number of aliphatic hydroxyl groups excluding tert-OH is 1. The first-order chi connectivity index (χ1) is 20.3. The van der Waals surface area contributed by atoms with Crippen molar-refractivity contribution in [2.75, 3.05) is 29.1 Å². The number of nitrogens with zero attached hydrogens (tertiary/aromatic N) is 4. The fourth-order valence-corrected chi connectivity index (χ4v) is 3.65. The van der Waals surface area contributed by atoms with Gasteiger partial charge in [-0.15, -0.1) is 0 Å². The molecule has 0 spiro atoms. The molecule has 0 radical (unpaired) electrons. The van der Waals surface area contributed by atoms with Crippen LogP contribution >= 0.6 is 0 Å². The second-order valence-electron chi connectivity index (χ2n) is 9.75. The van der Waals surface area contributed by atoms with Crippen LogP contribution in [0.15, 0.2) is 53.7 Å². The van der Waals surface area contributed by atoms with Crippen LogP contribution in [0.25, 0.3) is 11.3 Å². The van der Waals surface area contributed by atoms with E-state index in [1.807, 2.05) is 45.9 Å². The van der Waals surface area contributed by atoms with E-state index in [4.69, 9.17) is 5.73 Å². The van der Waals surface area contributed by atoms with Crippen LogP contribution in [-0.4, -0.2) is 58.3 Å². The fourth-order valence-electron chi connectivity index (χ4n) is 3.65. The molecule has 0 saturated heterocycles. The van der Waals surface area contributed by atoms with E-state index in [2.05, 4.69) is 80.7 Å². The Morgan fingerprint density at radius 1 is 1.02 bits per heavy atom. The van der Waals surface area contributed by atoms with E-state index < -0.39 is 0 Å². The predicted molar refractivity (Wildman–Crippen MR) is 177 cm³/mol. The van der Waals surface area contributed by atoms with E-state index in [0.29, 0.717) is 42.3 Å². The molecule has 2 atom stereocenters. The molecule has 6 N–H and O–H groups in total. The van der Waals surface area contributed by atoms with Gasteiger partial charge in [0.25, 0.3) is 0 Å². The Bertz CT molecular complexity index is 1150. The van der Waals surface area contributed by atoms with Gasteiger partial charge in [0.15, 0.2) is 11.6 Å². The average molecular weight is 579 g/mol. The standard InChI is InChI=1S/C23H29N7O.C7H15NO.C2H6/c1-4-18(15-31)28-23-29-21(25-5-2)20(24-3)22(30-23)27-14-16-9-11-17(12-10-16)19-8-6-7-13-26-19;1-6(2)3-4-7(8)5-9;1-2/h6-13,18,31H,3-5,14-15H2,1-2H3,(H3,25,27,28,29,30);5-7H,3-4,8H2,1-2H3;1-2H3/t18-;7-;/m00./s1. The summed E-state index contributed by atoms with van der Waals surface area (Å²) in [7, 11) is 0. The highest BCUT2D eigenvalue weighted by molar-refractivity contribution is 5.77. The molecule has 0 aliphatic carbocycles. The van der Waals surface area contributed by atoms with Crippen molar-refractivity contribution in [2.24, 2.45) is 16.6 Å². The summed E-state index contributed by atoms with van der Waals surface area (Å²) in [4.78, 5) is 27.6. The molecule has 3 aromatic rings. The van der Waals surface area contributed by atoms with Crippen LogP contribution in [0.3, 0.4) is 0 Å². The van der Waals surface area contributed by atoms with Gasteiger partial charge < -0.3 is 31.6 Å². The number of hydrogen-bond acceptors (Lipinski definition) is 10. The third-order valence-corrected chi connectivity index (χ3v) is 6.06. The number of anilines is 3. The predicted octanol–water partition coefficient (Wildman–Crippen LogP) is 6.07. The number of carbonyl (C=O) groups excluding carboxylic acids is 1. The van der Waals surface area contributed by atoms with Crippen molar-refractivity contribution >= 4 is 36.3 Å². The first kappa shape index (κ1) is 36.1. The van der Waals surface area contributed by atoms with Gasteiger partial charge in [-0.3, -0.25) is 9.98 Å². The largest absolute Gasteiger partial charge is 0.394 e. The smallest absolute Gasteiger partial charge is 0.227 e. The molecule has 2 heterocycles. The minimum absolute atomic E-state index is 0.00322. The fraction of sp³-hybridized carbons (Fsp3) is 0.469. The summed E-state index contributed by atoms with van der Waals surface area (Å²) in [6.07, 6.45) is 5.21.